The van der Waals surface area contributed by atoms with E-state index in [1.54, 1.807) is 0 Å². The zero-order valence-corrected chi connectivity index (χ0v) is 18.4. The second kappa shape index (κ2) is 8.74. The highest BCUT2D eigenvalue weighted by molar-refractivity contribution is 5.83. The maximum absolute atomic E-state index is 12.8. The van der Waals surface area contributed by atoms with Crippen LogP contribution < -0.4 is 5.32 Å². The number of nitrogens with zero attached hydrogens (tertiary/aromatic N) is 2. The second-order valence-electron chi connectivity index (χ2n) is 9.12. The third-order valence-corrected chi connectivity index (χ3v) is 6.63. The van der Waals surface area contributed by atoms with Crippen LogP contribution in [0, 0.1) is 11.3 Å². The van der Waals surface area contributed by atoms with E-state index in [0.29, 0.717) is 25.2 Å². The molecule has 6 heteroatoms. The number of urea groups is 1. The number of ether oxygens (including phenoxy) is 1. The van der Waals surface area contributed by atoms with Crippen LogP contribution in [0.4, 0.5) is 4.79 Å². The molecule has 1 unspecified atom stereocenters. The quantitative estimate of drug-likeness (QED) is 0.768. The molecule has 1 aromatic carbocycles. The van der Waals surface area contributed by atoms with Crippen molar-refractivity contribution in [1.29, 1.82) is 0 Å². The summed E-state index contributed by atoms with van der Waals surface area (Å²) in [5, 5.41) is 2.87. The first-order valence-electron chi connectivity index (χ1n) is 10.7. The Morgan fingerprint density at radius 3 is 2.24 bits per heavy atom. The van der Waals surface area contributed by atoms with Crippen LogP contribution in [0.15, 0.2) is 30.3 Å². The van der Waals surface area contributed by atoms with Gasteiger partial charge in [0.2, 0.25) is 0 Å². The third kappa shape index (κ3) is 4.27. The van der Waals surface area contributed by atoms with Crippen molar-refractivity contribution in [2.45, 2.75) is 58.7 Å². The van der Waals surface area contributed by atoms with Gasteiger partial charge in [0, 0.05) is 37.1 Å². The van der Waals surface area contributed by atoms with Crippen molar-refractivity contribution in [3.05, 3.63) is 35.9 Å². The van der Waals surface area contributed by atoms with Crippen molar-refractivity contribution in [2.75, 3.05) is 26.7 Å². The van der Waals surface area contributed by atoms with Gasteiger partial charge in [-0.3, -0.25) is 4.90 Å². The maximum Gasteiger partial charge on any atom is 0.328 e. The molecule has 2 aliphatic rings. The molecule has 160 valence electrons. The van der Waals surface area contributed by atoms with E-state index in [-0.39, 0.29) is 17.4 Å². The van der Waals surface area contributed by atoms with E-state index >= 15 is 0 Å². The van der Waals surface area contributed by atoms with E-state index in [2.05, 4.69) is 54.4 Å². The number of piperidine rings is 1. The van der Waals surface area contributed by atoms with Crippen molar-refractivity contribution < 1.29 is 14.3 Å². The first-order chi connectivity index (χ1) is 13.8. The van der Waals surface area contributed by atoms with Crippen molar-refractivity contribution in [2.24, 2.45) is 11.3 Å². The fourth-order valence-corrected chi connectivity index (χ4v) is 4.88. The van der Waals surface area contributed by atoms with Gasteiger partial charge >= 0.3 is 12.0 Å². The summed E-state index contributed by atoms with van der Waals surface area (Å²) in [5.74, 6) is -0.409. The van der Waals surface area contributed by atoms with Crippen LogP contribution in [0.5, 0.6) is 0 Å². The van der Waals surface area contributed by atoms with Crippen LogP contribution in [-0.4, -0.2) is 60.6 Å². The zero-order valence-electron chi connectivity index (χ0n) is 18.4. The molecule has 0 radical (unpaired) electrons. The van der Waals surface area contributed by atoms with E-state index in [1.807, 2.05) is 18.7 Å². The average molecular weight is 402 g/mol. The normalized spacial score (nSPS) is 22.4. The van der Waals surface area contributed by atoms with Gasteiger partial charge in [-0.1, -0.05) is 44.2 Å². The van der Waals surface area contributed by atoms with E-state index in [0.717, 1.165) is 19.4 Å². The smallest absolute Gasteiger partial charge is 0.328 e. The highest BCUT2D eigenvalue weighted by Crippen LogP contribution is 2.55. The van der Waals surface area contributed by atoms with E-state index < -0.39 is 12.0 Å². The minimum atomic E-state index is -0.611. The molecule has 2 heterocycles. The summed E-state index contributed by atoms with van der Waals surface area (Å²) in [6.07, 6.45) is 1.96. The molecule has 29 heavy (non-hydrogen) atoms. The van der Waals surface area contributed by atoms with Crippen LogP contribution in [0.2, 0.25) is 0 Å². The van der Waals surface area contributed by atoms with Crippen molar-refractivity contribution in [1.82, 2.24) is 15.1 Å². The molecule has 2 saturated heterocycles. The summed E-state index contributed by atoms with van der Waals surface area (Å²) in [4.78, 5) is 29.2. The minimum absolute atomic E-state index is 0.0174. The standard InChI is InChI=1S/C23H35N3O3/c1-16(2)19(21(27)29-5)24-22(28)25-13-11-23(12-14-25)15-26(17(3)4)20(23)18-9-7-6-8-10-18/h6-10,16-17,19-20H,11-15H2,1-5H3,(H,24,28)/t19-,20?/m0/s1. The van der Waals surface area contributed by atoms with Gasteiger partial charge in [0.05, 0.1) is 7.11 Å². The summed E-state index contributed by atoms with van der Waals surface area (Å²) in [7, 11) is 1.36. The highest BCUT2D eigenvalue weighted by Gasteiger charge is 2.54. The Balaban J connectivity index is 1.66. The summed E-state index contributed by atoms with van der Waals surface area (Å²) >= 11 is 0. The Labute approximate surface area is 174 Å². The first-order valence-corrected chi connectivity index (χ1v) is 10.7. The number of carbonyl (C=O) groups is 2. The fourth-order valence-electron chi connectivity index (χ4n) is 4.88. The number of benzene rings is 1. The lowest BCUT2D eigenvalue weighted by Crippen LogP contribution is -2.64. The Kier molecular flexibility index (Phi) is 6.52. The lowest BCUT2D eigenvalue weighted by molar-refractivity contribution is -0.144. The number of likely N-dealkylation sites (tertiary alicyclic amines) is 2. The van der Waals surface area contributed by atoms with E-state index in [9.17, 15) is 9.59 Å². The molecule has 1 spiro atoms. The number of carbonyl (C=O) groups excluding carboxylic acids is 2. The summed E-state index contributed by atoms with van der Waals surface area (Å²) < 4.78 is 4.84. The predicted molar refractivity (Wildman–Crippen MR) is 113 cm³/mol. The number of esters is 1. The van der Waals surface area contributed by atoms with Gasteiger partial charge in [-0.2, -0.15) is 0 Å². The largest absolute Gasteiger partial charge is 0.467 e. The van der Waals surface area contributed by atoms with Gasteiger partial charge in [-0.05, 0) is 38.2 Å². The van der Waals surface area contributed by atoms with Crippen LogP contribution in [0.25, 0.3) is 0 Å². The molecular formula is C23H35N3O3. The number of rotatable bonds is 5. The van der Waals surface area contributed by atoms with Crippen LogP contribution in [-0.2, 0) is 9.53 Å². The van der Waals surface area contributed by atoms with E-state index in [4.69, 9.17) is 4.74 Å². The molecule has 1 N–H and O–H groups in total. The fraction of sp³-hybridized carbons (Fsp3) is 0.652. The Morgan fingerprint density at radius 1 is 1.10 bits per heavy atom. The molecule has 0 aromatic heterocycles. The first kappa shape index (κ1) is 21.6. The van der Waals surface area contributed by atoms with Crippen LogP contribution in [0.1, 0.15) is 52.1 Å². The van der Waals surface area contributed by atoms with Crippen molar-refractivity contribution in [3.63, 3.8) is 0 Å². The number of hydrogen-bond donors (Lipinski definition) is 1. The second-order valence-corrected chi connectivity index (χ2v) is 9.12. The van der Waals surface area contributed by atoms with Crippen molar-refractivity contribution >= 4 is 12.0 Å². The number of nitrogens with one attached hydrogen (secondary N) is 1. The summed E-state index contributed by atoms with van der Waals surface area (Å²) in [6, 6.07) is 10.9. The van der Waals surface area contributed by atoms with Gasteiger partial charge in [-0.25, -0.2) is 9.59 Å². The number of amides is 2. The molecule has 0 bridgehead atoms. The molecule has 2 aliphatic heterocycles. The molecule has 2 atom stereocenters. The molecule has 6 nitrogen and oxygen atoms in total. The molecule has 3 rings (SSSR count). The lowest BCUT2D eigenvalue weighted by atomic mass is 9.62. The summed E-state index contributed by atoms with van der Waals surface area (Å²) in [6.45, 7) is 10.8. The van der Waals surface area contributed by atoms with Crippen molar-refractivity contribution in [3.8, 4) is 0 Å². The Morgan fingerprint density at radius 2 is 1.72 bits per heavy atom. The van der Waals surface area contributed by atoms with E-state index in [1.165, 1.54) is 12.7 Å². The number of methoxy groups -OCH3 is 1. The van der Waals surface area contributed by atoms with Gasteiger partial charge in [-0.15, -0.1) is 0 Å². The topological polar surface area (TPSA) is 61.9 Å². The SMILES string of the molecule is COC(=O)[C@@H](NC(=O)N1CCC2(CC1)CN(C(C)C)C2c1ccccc1)C(C)C. The predicted octanol–water partition coefficient (Wildman–Crippen LogP) is 3.44. The zero-order chi connectivity index (χ0) is 21.2. The third-order valence-electron chi connectivity index (χ3n) is 6.63. The highest BCUT2D eigenvalue weighted by atomic mass is 16.5. The Hall–Kier alpha value is -2.08. The minimum Gasteiger partial charge on any atom is -0.467 e. The maximum atomic E-state index is 12.8. The van der Waals surface area contributed by atoms with Gasteiger partial charge in [0.1, 0.15) is 6.04 Å². The molecular weight excluding hydrogens is 366 g/mol. The lowest BCUT2D eigenvalue weighted by Gasteiger charge is -2.62. The average Bonchev–Trinajstić information content (AvgIpc) is 2.70. The molecule has 1 aromatic rings. The molecule has 2 fully saturated rings. The van der Waals surface area contributed by atoms with Gasteiger partial charge < -0.3 is 15.0 Å². The molecule has 0 saturated carbocycles. The molecule has 0 aliphatic carbocycles. The van der Waals surface area contributed by atoms with Crippen LogP contribution in [0.3, 0.4) is 0 Å². The monoisotopic (exact) mass is 401 g/mol. The number of hydrogen-bond acceptors (Lipinski definition) is 4. The summed E-state index contributed by atoms with van der Waals surface area (Å²) in [5.41, 5.74) is 1.60. The van der Waals surface area contributed by atoms with Gasteiger partial charge in [0.25, 0.3) is 0 Å². The van der Waals surface area contributed by atoms with Gasteiger partial charge in [0.15, 0.2) is 0 Å². The molecule has 2 amide bonds. The van der Waals surface area contributed by atoms with Crippen LogP contribution >= 0.6 is 0 Å². The Bertz CT molecular complexity index is 711.